The van der Waals surface area contributed by atoms with Crippen molar-refractivity contribution in [2.24, 2.45) is 0 Å². The maximum Gasteiger partial charge on any atom is 0.335 e. The summed E-state index contributed by atoms with van der Waals surface area (Å²) in [6.45, 7) is -0.276. The third kappa shape index (κ3) is 3.30. The Bertz CT molecular complexity index is 419. The first-order chi connectivity index (χ1) is 7.54. The molecule has 0 fully saturated rings. The Hall–Kier alpha value is -1.43. The van der Waals surface area contributed by atoms with E-state index in [4.69, 9.17) is 5.11 Å². The molecule has 0 saturated heterocycles. The second kappa shape index (κ2) is 5.60. The van der Waals surface area contributed by atoms with Gasteiger partial charge in [0, 0.05) is 15.8 Å². The van der Waals surface area contributed by atoms with Crippen molar-refractivity contribution in [2.75, 3.05) is 5.33 Å². The Balaban J connectivity index is 3.08. The number of nitro groups is 1. The van der Waals surface area contributed by atoms with E-state index < -0.39 is 10.9 Å². The molecule has 0 atom stereocenters. The number of carbonyl (C=O) groups is 1. The third-order valence-electron chi connectivity index (χ3n) is 2.12. The molecule has 86 valence electrons. The van der Waals surface area contributed by atoms with E-state index in [-0.39, 0.29) is 12.1 Å². The molecule has 1 aromatic carbocycles. The Morgan fingerprint density at radius 1 is 1.44 bits per heavy atom. The van der Waals surface area contributed by atoms with E-state index in [2.05, 4.69) is 15.9 Å². The summed E-state index contributed by atoms with van der Waals surface area (Å²) in [4.78, 5) is 20.7. The summed E-state index contributed by atoms with van der Waals surface area (Å²) in [6.07, 6.45) is 0.574. The van der Waals surface area contributed by atoms with Gasteiger partial charge in [-0.15, -0.1) is 0 Å². The number of aromatic carboxylic acids is 1. The first-order valence-corrected chi connectivity index (χ1v) is 5.69. The number of carboxylic acids is 1. The van der Waals surface area contributed by atoms with Gasteiger partial charge in [0.15, 0.2) is 0 Å². The zero-order valence-electron chi connectivity index (χ0n) is 8.35. The van der Waals surface area contributed by atoms with Gasteiger partial charge in [-0.2, -0.15) is 0 Å². The molecule has 0 aliphatic rings. The van der Waals surface area contributed by atoms with Crippen LogP contribution >= 0.6 is 15.9 Å². The highest BCUT2D eigenvalue weighted by Gasteiger charge is 2.11. The highest BCUT2D eigenvalue weighted by molar-refractivity contribution is 9.09. The van der Waals surface area contributed by atoms with Crippen LogP contribution in [-0.4, -0.2) is 21.3 Å². The fourth-order valence-corrected chi connectivity index (χ4v) is 1.81. The van der Waals surface area contributed by atoms with Crippen molar-refractivity contribution < 1.29 is 14.8 Å². The molecule has 0 radical (unpaired) electrons. The highest BCUT2D eigenvalue weighted by Crippen LogP contribution is 2.15. The number of hydrogen-bond donors (Lipinski definition) is 1. The molecule has 16 heavy (non-hydrogen) atoms. The summed E-state index contributed by atoms with van der Waals surface area (Å²) < 4.78 is 0. The van der Waals surface area contributed by atoms with E-state index in [0.717, 1.165) is 0 Å². The van der Waals surface area contributed by atoms with Gasteiger partial charge < -0.3 is 5.11 Å². The monoisotopic (exact) mass is 287 g/mol. The van der Waals surface area contributed by atoms with E-state index in [0.29, 0.717) is 22.9 Å². The standard InChI is InChI=1S/C10H10BrNO4/c11-4-3-7-5-8(10(13)14)1-2-9(7)6-12(15)16/h1-2,5H,3-4,6H2,(H,13,14). The van der Waals surface area contributed by atoms with Gasteiger partial charge in [-0.05, 0) is 24.1 Å². The van der Waals surface area contributed by atoms with Crippen LogP contribution in [-0.2, 0) is 13.0 Å². The molecule has 1 rings (SSSR count). The number of benzene rings is 1. The number of nitrogens with zero attached hydrogens (tertiary/aromatic N) is 1. The van der Waals surface area contributed by atoms with Gasteiger partial charge in [0.1, 0.15) is 0 Å². The van der Waals surface area contributed by atoms with Crippen LogP contribution < -0.4 is 0 Å². The first-order valence-electron chi connectivity index (χ1n) is 4.57. The van der Waals surface area contributed by atoms with Gasteiger partial charge in [-0.3, -0.25) is 10.1 Å². The topological polar surface area (TPSA) is 80.4 Å². The smallest absolute Gasteiger partial charge is 0.335 e. The van der Waals surface area contributed by atoms with Crippen LogP contribution in [0.4, 0.5) is 0 Å². The maximum atomic E-state index is 10.7. The van der Waals surface area contributed by atoms with Gasteiger partial charge in [-0.25, -0.2) is 4.79 Å². The molecular formula is C10H10BrNO4. The van der Waals surface area contributed by atoms with Crippen LogP contribution in [0.5, 0.6) is 0 Å². The molecule has 6 heteroatoms. The second-order valence-electron chi connectivity index (χ2n) is 3.22. The molecule has 0 bridgehead atoms. The summed E-state index contributed by atoms with van der Waals surface area (Å²) in [6, 6.07) is 4.38. The van der Waals surface area contributed by atoms with Crippen molar-refractivity contribution in [3.8, 4) is 0 Å². The molecule has 0 aliphatic heterocycles. The second-order valence-corrected chi connectivity index (χ2v) is 4.01. The van der Waals surface area contributed by atoms with Crippen LogP contribution in [0.2, 0.25) is 0 Å². The molecule has 0 aliphatic carbocycles. The fourth-order valence-electron chi connectivity index (χ4n) is 1.39. The van der Waals surface area contributed by atoms with Crippen molar-refractivity contribution >= 4 is 21.9 Å². The number of halogens is 1. The average molecular weight is 288 g/mol. The number of rotatable bonds is 5. The first kappa shape index (κ1) is 12.6. The van der Waals surface area contributed by atoms with Gasteiger partial charge in [0.05, 0.1) is 5.56 Å². The van der Waals surface area contributed by atoms with Crippen LogP contribution in [0.15, 0.2) is 18.2 Å². The Kier molecular flexibility index (Phi) is 4.42. The van der Waals surface area contributed by atoms with E-state index in [1.165, 1.54) is 18.2 Å². The molecule has 5 nitrogen and oxygen atoms in total. The van der Waals surface area contributed by atoms with Crippen molar-refractivity contribution in [3.63, 3.8) is 0 Å². The molecule has 0 spiro atoms. The average Bonchev–Trinajstić information content (AvgIpc) is 2.20. The molecule has 0 aromatic heterocycles. The number of carboxylic acid groups (broad SMARTS) is 1. The lowest BCUT2D eigenvalue weighted by Crippen LogP contribution is -2.05. The van der Waals surface area contributed by atoms with Crippen LogP contribution in [0.25, 0.3) is 0 Å². The number of hydrogen-bond acceptors (Lipinski definition) is 3. The van der Waals surface area contributed by atoms with E-state index >= 15 is 0 Å². The quantitative estimate of drug-likeness (QED) is 0.511. The Labute approximate surface area is 100 Å². The third-order valence-corrected chi connectivity index (χ3v) is 2.51. The largest absolute Gasteiger partial charge is 0.478 e. The Morgan fingerprint density at radius 3 is 2.62 bits per heavy atom. The van der Waals surface area contributed by atoms with E-state index in [1.54, 1.807) is 0 Å². The number of aryl methyl sites for hydroxylation is 1. The van der Waals surface area contributed by atoms with Gasteiger partial charge in [0.25, 0.3) is 0 Å². The van der Waals surface area contributed by atoms with Gasteiger partial charge in [0.2, 0.25) is 6.54 Å². The minimum absolute atomic E-state index is 0.156. The van der Waals surface area contributed by atoms with Crippen LogP contribution in [0, 0.1) is 10.1 Å². The predicted molar refractivity (Wildman–Crippen MR) is 61.6 cm³/mol. The molecule has 0 heterocycles. The van der Waals surface area contributed by atoms with Crippen molar-refractivity contribution in [1.29, 1.82) is 0 Å². The molecular weight excluding hydrogens is 278 g/mol. The summed E-state index contributed by atoms with van der Waals surface area (Å²) in [5.41, 5.74) is 1.42. The summed E-state index contributed by atoms with van der Waals surface area (Å²) in [5.74, 6) is -1.02. The van der Waals surface area contributed by atoms with Crippen LogP contribution in [0.1, 0.15) is 21.5 Å². The fraction of sp³-hybridized carbons (Fsp3) is 0.300. The van der Waals surface area contributed by atoms with Crippen molar-refractivity contribution in [1.82, 2.24) is 0 Å². The van der Waals surface area contributed by atoms with Crippen molar-refractivity contribution in [3.05, 3.63) is 45.0 Å². The lowest BCUT2D eigenvalue weighted by Gasteiger charge is -2.06. The minimum atomic E-state index is -1.02. The zero-order valence-corrected chi connectivity index (χ0v) is 9.94. The van der Waals surface area contributed by atoms with Gasteiger partial charge >= 0.3 is 5.97 Å². The maximum absolute atomic E-state index is 10.7. The molecule has 0 unspecified atom stereocenters. The van der Waals surface area contributed by atoms with Crippen LogP contribution in [0.3, 0.4) is 0 Å². The van der Waals surface area contributed by atoms with Crippen molar-refractivity contribution in [2.45, 2.75) is 13.0 Å². The van der Waals surface area contributed by atoms with E-state index in [9.17, 15) is 14.9 Å². The minimum Gasteiger partial charge on any atom is -0.478 e. The lowest BCUT2D eigenvalue weighted by molar-refractivity contribution is -0.496. The Morgan fingerprint density at radius 2 is 2.12 bits per heavy atom. The molecule has 0 amide bonds. The summed E-state index contributed by atoms with van der Waals surface area (Å²) in [5, 5.41) is 19.9. The lowest BCUT2D eigenvalue weighted by atomic mass is 10.0. The predicted octanol–water partition coefficient (Wildman–Crippen LogP) is 2.10. The normalized spacial score (nSPS) is 10.1. The molecule has 1 aromatic rings. The molecule has 1 N–H and O–H groups in total. The van der Waals surface area contributed by atoms with E-state index in [1.807, 2.05) is 0 Å². The summed E-state index contributed by atoms with van der Waals surface area (Å²) >= 11 is 3.23. The highest BCUT2D eigenvalue weighted by atomic mass is 79.9. The SMILES string of the molecule is O=C(O)c1ccc(C[N+](=O)[O-])c(CCBr)c1. The zero-order chi connectivity index (χ0) is 12.1. The summed E-state index contributed by atoms with van der Waals surface area (Å²) in [7, 11) is 0. The number of alkyl halides is 1. The van der Waals surface area contributed by atoms with Gasteiger partial charge in [-0.1, -0.05) is 22.0 Å². The molecule has 0 saturated carbocycles.